The van der Waals surface area contributed by atoms with E-state index in [0.29, 0.717) is 18.2 Å². The van der Waals surface area contributed by atoms with Crippen molar-refractivity contribution in [3.8, 4) is 0 Å². The second-order valence-corrected chi connectivity index (χ2v) is 5.96. The van der Waals surface area contributed by atoms with Crippen molar-refractivity contribution in [3.63, 3.8) is 0 Å². The molecule has 2 aromatic heterocycles. The van der Waals surface area contributed by atoms with Crippen LogP contribution >= 0.6 is 15.9 Å². The fourth-order valence-corrected chi connectivity index (χ4v) is 2.59. The zero-order valence-corrected chi connectivity index (χ0v) is 13.2. The van der Waals surface area contributed by atoms with Gasteiger partial charge in [-0.25, -0.2) is 4.79 Å². The molecule has 0 unspecified atom stereocenters. The van der Waals surface area contributed by atoms with E-state index < -0.39 is 0 Å². The van der Waals surface area contributed by atoms with Gasteiger partial charge in [0.05, 0.1) is 28.6 Å². The van der Waals surface area contributed by atoms with Gasteiger partial charge in [-0.2, -0.15) is 5.10 Å². The maximum Gasteiger partial charge on any atom is 0.319 e. The van der Waals surface area contributed by atoms with E-state index in [9.17, 15) is 4.79 Å². The third kappa shape index (κ3) is 3.24. The van der Waals surface area contributed by atoms with Crippen LogP contribution < -0.4 is 10.6 Å². The van der Waals surface area contributed by atoms with E-state index in [1.165, 1.54) is 18.4 Å². The fraction of sp³-hybridized carbons (Fsp3) is 0.357. The van der Waals surface area contributed by atoms with Crippen LogP contribution in [0.4, 0.5) is 10.5 Å². The number of anilines is 1. The third-order valence-corrected chi connectivity index (χ3v) is 4.18. The number of hydrogen-bond acceptors (Lipinski definition) is 3. The minimum atomic E-state index is -0.246. The topological polar surface area (TPSA) is 71.8 Å². The highest BCUT2D eigenvalue weighted by Crippen LogP contribution is 2.41. The lowest BCUT2D eigenvalue weighted by atomic mass is 10.1. The molecule has 0 aromatic carbocycles. The number of amides is 2. The van der Waals surface area contributed by atoms with Crippen LogP contribution in [0, 0.1) is 0 Å². The van der Waals surface area contributed by atoms with E-state index in [0.717, 1.165) is 10.2 Å². The van der Waals surface area contributed by atoms with E-state index in [4.69, 9.17) is 0 Å². The molecule has 0 bridgehead atoms. The molecule has 1 aliphatic carbocycles. The highest BCUT2D eigenvalue weighted by atomic mass is 79.9. The molecule has 110 valence electrons. The van der Waals surface area contributed by atoms with Gasteiger partial charge in [-0.15, -0.1) is 0 Å². The van der Waals surface area contributed by atoms with Crippen LogP contribution in [0.25, 0.3) is 0 Å². The van der Waals surface area contributed by atoms with Crippen molar-refractivity contribution >= 4 is 27.6 Å². The predicted octanol–water partition coefficient (Wildman–Crippen LogP) is 2.78. The second kappa shape index (κ2) is 5.85. The van der Waals surface area contributed by atoms with Crippen molar-refractivity contribution in [2.24, 2.45) is 7.05 Å². The molecule has 1 fully saturated rings. The summed E-state index contributed by atoms with van der Waals surface area (Å²) >= 11 is 3.35. The summed E-state index contributed by atoms with van der Waals surface area (Å²) in [4.78, 5) is 15.9. The van der Waals surface area contributed by atoms with Gasteiger partial charge in [0.25, 0.3) is 0 Å². The Labute approximate surface area is 131 Å². The van der Waals surface area contributed by atoms with Crippen LogP contribution in [0.2, 0.25) is 0 Å². The summed E-state index contributed by atoms with van der Waals surface area (Å²) in [7, 11) is 1.90. The van der Waals surface area contributed by atoms with Gasteiger partial charge in [0.2, 0.25) is 0 Å². The molecule has 7 heteroatoms. The van der Waals surface area contributed by atoms with Crippen molar-refractivity contribution in [1.82, 2.24) is 20.1 Å². The van der Waals surface area contributed by atoms with Crippen LogP contribution in [0.1, 0.15) is 30.0 Å². The summed E-state index contributed by atoms with van der Waals surface area (Å²) in [5.74, 6) is 0.618. The van der Waals surface area contributed by atoms with Crippen molar-refractivity contribution in [2.45, 2.75) is 25.3 Å². The molecule has 6 nitrogen and oxygen atoms in total. The number of urea groups is 1. The molecule has 21 heavy (non-hydrogen) atoms. The van der Waals surface area contributed by atoms with Gasteiger partial charge < -0.3 is 10.6 Å². The number of halogens is 1. The van der Waals surface area contributed by atoms with Crippen LogP contribution in [0.5, 0.6) is 0 Å². The highest BCUT2D eigenvalue weighted by Gasteiger charge is 2.28. The lowest BCUT2D eigenvalue weighted by Crippen LogP contribution is -2.29. The number of pyridine rings is 1. The minimum Gasteiger partial charge on any atom is -0.332 e. The smallest absolute Gasteiger partial charge is 0.319 e. The summed E-state index contributed by atoms with van der Waals surface area (Å²) in [5.41, 5.74) is 3.01. The Balaban J connectivity index is 1.61. The Hall–Kier alpha value is -1.89. The zero-order valence-electron chi connectivity index (χ0n) is 11.6. The lowest BCUT2D eigenvalue weighted by Gasteiger charge is -2.10. The molecule has 1 saturated carbocycles. The number of aryl methyl sites for hydroxylation is 1. The van der Waals surface area contributed by atoms with Crippen LogP contribution in [-0.2, 0) is 13.6 Å². The Morgan fingerprint density at radius 1 is 1.48 bits per heavy atom. The second-order valence-electron chi connectivity index (χ2n) is 5.11. The summed E-state index contributed by atoms with van der Waals surface area (Å²) in [5, 5.41) is 9.95. The van der Waals surface area contributed by atoms with Gasteiger partial charge >= 0.3 is 6.03 Å². The summed E-state index contributed by atoms with van der Waals surface area (Å²) in [6.45, 7) is 0.469. The van der Waals surface area contributed by atoms with Gasteiger partial charge in [-0.1, -0.05) is 0 Å². The van der Waals surface area contributed by atoms with Crippen molar-refractivity contribution < 1.29 is 4.79 Å². The van der Waals surface area contributed by atoms with E-state index >= 15 is 0 Å². The van der Waals surface area contributed by atoms with Gasteiger partial charge in [-0.3, -0.25) is 9.67 Å². The van der Waals surface area contributed by atoms with Gasteiger partial charge in [-0.05, 0) is 46.3 Å². The minimum absolute atomic E-state index is 0.246. The molecule has 0 atom stereocenters. The first-order chi connectivity index (χ1) is 10.1. The van der Waals surface area contributed by atoms with Gasteiger partial charge in [0.1, 0.15) is 0 Å². The van der Waals surface area contributed by atoms with Crippen LogP contribution in [-0.4, -0.2) is 20.8 Å². The number of carbonyl (C=O) groups excluding carboxylic acids is 1. The number of rotatable bonds is 4. The Morgan fingerprint density at radius 2 is 2.29 bits per heavy atom. The molecule has 2 aromatic rings. The maximum absolute atomic E-state index is 12.0. The fourth-order valence-electron chi connectivity index (χ4n) is 2.24. The quantitative estimate of drug-likeness (QED) is 0.891. The number of nitrogens with zero attached hydrogens (tertiary/aromatic N) is 3. The van der Waals surface area contributed by atoms with E-state index in [-0.39, 0.29) is 6.03 Å². The van der Waals surface area contributed by atoms with Crippen molar-refractivity contribution in [2.75, 3.05) is 5.32 Å². The number of carbonyl (C=O) groups is 1. The predicted molar refractivity (Wildman–Crippen MR) is 83.0 cm³/mol. The largest absolute Gasteiger partial charge is 0.332 e. The Bertz CT molecular complexity index is 665. The molecule has 0 radical (unpaired) electrons. The highest BCUT2D eigenvalue weighted by molar-refractivity contribution is 9.10. The molecule has 2 N–H and O–H groups in total. The Kier molecular flexibility index (Phi) is 3.92. The first-order valence-corrected chi connectivity index (χ1v) is 7.59. The van der Waals surface area contributed by atoms with Crippen LogP contribution in [0.3, 0.4) is 0 Å². The monoisotopic (exact) mass is 349 g/mol. The molecule has 3 rings (SSSR count). The molecule has 0 aliphatic heterocycles. The van der Waals surface area contributed by atoms with Crippen molar-refractivity contribution in [1.29, 1.82) is 0 Å². The standard InChI is InChI=1S/C14H16BrN5O/c1-20-13(10(6-18-20)9-2-3-9)8-17-14(21)19-12-4-5-16-7-11(12)15/h4-7,9H,2-3,8H2,1H3,(H2,16,17,19,21). The molecule has 1 aliphatic rings. The molecule has 0 spiro atoms. The Morgan fingerprint density at radius 3 is 3.00 bits per heavy atom. The lowest BCUT2D eigenvalue weighted by molar-refractivity contribution is 0.251. The summed E-state index contributed by atoms with van der Waals surface area (Å²) in [6, 6.07) is 1.49. The normalized spacial score (nSPS) is 14.0. The number of hydrogen-bond donors (Lipinski definition) is 2. The SMILES string of the molecule is Cn1ncc(C2CC2)c1CNC(=O)Nc1ccncc1Br. The summed E-state index contributed by atoms with van der Waals surface area (Å²) < 4.78 is 2.58. The van der Waals surface area contributed by atoms with Crippen molar-refractivity contribution in [3.05, 3.63) is 40.4 Å². The third-order valence-electron chi connectivity index (χ3n) is 3.55. The zero-order chi connectivity index (χ0) is 14.8. The maximum atomic E-state index is 12.0. The van der Waals surface area contributed by atoms with E-state index in [2.05, 4.69) is 36.6 Å². The first kappa shape index (κ1) is 14.1. The first-order valence-electron chi connectivity index (χ1n) is 6.80. The molecule has 0 saturated heterocycles. The molecule has 2 amide bonds. The van der Waals surface area contributed by atoms with Gasteiger partial charge in [0, 0.05) is 19.4 Å². The van der Waals surface area contributed by atoms with Crippen LogP contribution in [0.15, 0.2) is 29.1 Å². The number of aromatic nitrogens is 3. The average Bonchev–Trinajstić information content (AvgIpc) is 3.24. The number of nitrogens with one attached hydrogen (secondary N) is 2. The average molecular weight is 350 g/mol. The molecular weight excluding hydrogens is 334 g/mol. The molecular formula is C14H16BrN5O. The van der Waals surface area contributed by atoms with E-state index in [1.54, 1.807) is 18.5 Å². The molecule has 2 heterocycles. The van der Waals surface area contributed by atoms with Gasteiger partial charge in [0.15, 0.2) is 0 Å². The summed E-state index contributed by atoms with van der Waals surface area (Å²) in [6.07, 6.45) is 7.62. The van der Waals surface area contributed by atoms with E-state index in [1.807, 2.05) is 17.9 Å².